The number of hydrogen-bond donors (Lipinski definition) is 17. The van der Waals surface area contributed by atoms with E-state index in [0.29, 0.717) is 25.7 Å². The first-order chi connectivity index (χ1) is 44.1. The number of allylic oxidation sites excluding steroid dienone is 2. The molecule has 0 bridgehead atoms. The fourth-order valence-corrected chi connectivity index (χ4v) is 18.8. The minimum absolute atomic E-state index is 0.0110. The number of ether oxygens (including phenoxy) is 12. The van der Waals surface area contributed by atoms with E-state index < -0.39 is 215 Å². The summed E-state index contributed by atoms with van der Waals surface area (Å²) >= 11 is 0. The summed E-state index contributed by atoms with van der Waals surface area (Å²) in [7, 11) is 0. The molecule has 0 aromatic heterocycles. The molecule has 30 nitrogen and oxygen atoms in total. The van der Waals surface area contributed by atoms with Gasteiger partial charge in [0.25, 0.3) is 0 Å². The van der Waals surface area contributed by atoms with Crippen LogP contribution in [0.15, 0.2) is 11.6 Å². The van der Waals surface area contributed by atoms with Crippen molar-refractivity contribution in [2.45, 2.75) is 298 Å². The molecule has 0 aromatic carbocycles. The van der Waals surface area contributed by atoms with E-state index in [-0.39, 0.29) is 52.6 Å². The fraction of sp³-hybridized carbons (Fsp3) is 0.953. The van der Waals surface area contributed by atoms with Gasteiger partial charge in [0.05, 0.1) is 56.8 Å². The molecule has 11 aliphatic rings. The zero-order valence-corrected chi connectivity index (χ0v) is 54.6. The molecule has 17 N–H and O–H groups in total. The lowest BCUT2D eigenvalue weighted by Crippen LogP contribution is -2.67. The van der Waals surface area contributed by atoms with Gasteiger partial charge in [-0.3, -0.25) is 4.79 Å². The number of rotatable bonds is 16. The highest BCUT2D eigenvalue weighted by atomic mass is 16.8. The highest BCUT2D eigenvalue weighted by molar-refractivity contribution is 5.76. The summed E-state index contributed by atoms with van der Waals surface area (Å²) in [4.78, 5) is 13.3. The van der Waals surface area contributed by atoms with Crippen molar-refractivity contribution < 1.29 is 148 Å². The van der Waals surface area contributed by atoms with Crippen molar-refractivity contribution in [3.05, 3.63) is 11.6 Å². The molecule has 4 saturated carbocycles. The summed E-state index contributed by atoms with van der Waals surface area (Å²) < 4.78 is 71.6. The lowest BCUT2D eigenvalue weighted by molar-refractivity contribution is -0.393. The quantitative estimate of drug-likeness (QED) is 0.0526. The normalized spacial score (nSPS) is 55.3. The first kappa shape index (κ1) is 73.3. The van der Waals surface area contributed by atoms with E-state index in [9.17, 15) is 91.6 Å². The lowest BCUT2D eigenvalue weighted by Gasteiger charge is -2.71. The van der Waals surface area contributed by atoms with Crippen LogP contribution in [0.25, 0.3) is 0 Å². The minimum Gasteiger partial charge on any atom is -0.481 e. The topological polar surface area (TPSA) is 472 Å². The smallest absolute Gasteiger partial charge is 0.310 e. The molecule has 94 heavy (non-hydrogen) atoms. The lowest BCUT2D eigenvalue weighted by atomic mass is 9.33. The fourth-order valence-electron chi connectivity index (χ4n) is 18.8. The Bertz CT molecular complexity index is 2640. The molecule has 6 heterocycles. The SMILES string of the molecule is C[C@@H]1O[C@@H](OC[C@H]2O[C@@H](O[C@@H]3CO[C@@H](O[C@@H]4[C@@H](O)[C@H](C)O[C@@H](O[C@H]5[C@H](O[C@H]6CC[C@@]7(C)[C@H](CC[C@]8(C)[C@@H]7CC=C7[C@H]9CC(C)(C)CC[C@]9(C(=O)O)CC[C@]78C)[C@@]6(C)CO)OC[C@H](O)[C@@H]5O)[C@@H]4O)[C@H](O)[C@H]3O)[C@H](O[C@@H]3O[C@@H](CO)[C@H](O)[C@@H](O)[C@@H]3O)[C@@H](O)[C@@H]2O)[C@H](O)[C@H](O)[C@H]1O. The van der Waals surface area contributed by atoms with Gasteiger partial charge in [0.1, 0.15) is 122 Å². The summed E-state index contributed by atoms with van der Waals surface area (Å²) in [6, 6.07) is 0. The Kier molecular flexibility index (Phi) is 21.4. The van der Waals surface area contributed by atoms with Crippen LogP contribution in [-0.4, -0.2) is 304 Å². The van der Waals surface area contributed by atoms with Crippen LogP contribution in [0.3, 0.4) is 0 Å². The maximum absolute atomic E-state index is 13.3. The summed E-state index contributed by atoms with van der Waals surface area (Å²) in [5.41, 5.74) is -1.05. The third-order valence-electron chi connectivity index (χ3n) is 25.0. The van der Waals surface area contributed by atoms with Crippen molar-refractivity contribution in [2.75, 3.05) is 33.0 Å². The van der Waals surface area contributed by atoms with E-state index >= 15 is 0 Å². The van der Waals surface area contributed by atoms with Crippen LogP contribution in [-0.2, 0) is 61.6 Å². The number of aliphatic carboxylic acids is 1. The molecular formula is C64H104O30. The number of carboxylic acids is 1. The van der Waals surface area contributed by atoms with E-state index in [1.165, 1.54) is 19.4 Å². The van der Waals surface area contributed by atoms with Gasteiger partial charge < -0.3 is 144 Å². The Balaban J connectivity index is 0.761. The zero-order chi connectivity index (χ0) is 68.4. The second kappa shape index (κ2) is 27.5. The van der Waals surface area contributed by atoms with Crippen molar-refractivity contribution in [1.82, 2.24) is 0 Å². The molecule has 0 radical (unpaired) electrons. The van der Waals surface area contributed by atoms with Gasteiger partial charge in [-0.2, -0.15) is 0 Å². The Hall–Kier alpha value is -1.91. The minimum atomic E-state index is -2.09. The van der Waals surface area contributed by atoms with Crippen LogP contribution in [0.4, 0.5) is 0 Å². The number of hydrogen-bond acceptors (Lipinski definition) is 29. The van der Waals surface area contributed by atoms with Crippen LogP contribution in [0.1, 0.15) is 120 Å². The van der Waals surface area contributed by atoms with Gasteiger partial charge >= 0.3 is 5.97 Å². The van der Waals surface area contributed by atoms with E-state index in [1.54, 1.807) is 0 Å². The summed E-state index contributed by atoms with van der Waals surface area (Å²) in [5, 5.41) is 188. The van der Waals surface area contributed by atoms with Crippen LogP contribution in [0.5, 0.6) is 0 Å². The molecule has 6 saturated heterocycles. The van der Waals surface area contributed by atoms with E-state index in [2.05, 4.69) is 40.7 Å². The summed E-state index contributed by atoms with van der Waals surface area (Å²) in [5.74, 6) is -0.626. The zero-order valence-electron chi connectivity index (χ0n) is 54.6. The number of aliphatic hydroxyl groups excluding tert-OH is 16. The highest BCUT2D eigenvalue weighted by Gasteiger charge is 2.71. The number of fused-ring (bicyclic) bond motifs is 7. The van der Waals surface area contributed by atoms with Gasteiger partial charge in [0, 0.05) is 5.41 Å². The predicted molar refractivity (Wildman–Crippen MR) is 315 cm³/mol. The molecule has 0 spiro atoms. The van der Waals surface area contributed by atoms with Crippen LogP contribution < -0.4 is 0 Å². The average Bonchev–Trinajstić information content (AvgIpc) is 0.675. The Morgan fingerprint density at radius 3 is 1.79 bits per heavy atom. The molecule has 6 aliphatic heterocycles. The highest BCUT2D eigenvalue weighted by Crippen LogP contribution is 2.76. The van der Waals surface area contributed by atoms with Crippen molar-refractivity contribution in [2.24, 2.45) is 50.2 Å². The van der Waals surface area contributed by atoms with Gasteiger partial charge in [0.15, 0.2) is 37.7 Å². The van der Waals surface area contributed by atoms with Crippen molar-refractivity contribution in [3.8, 4) is 0 Å². The molecule has 0 unspecified atom stereocenters. The molecule has 5 aliphatic carbocycles. The Labute approximate surface area is 545 Å². The second-order valence-electron chi connectivity index (χ2n) is 30.9. The van der Waals surface area contributed by atoms with Crippen molar-refractivity contribution in [3.63, 3.8) is 0 Å². The van der Waals surface area contributed by atoms with Crippen molar-refractivity contribution >= 4 is 5.97 Å². The Morgan fingerprint density at radius 2 is 1.11 bits per heavy atom. The Morgan fingerprint density at radius 1 is 0.521 bits per heavy atom. The summed E-state index contributed by atoms with van der Waals surface area (Å²) in [6.45, 7) is 13.5. The van der Waals surface area contributed by atoms with Crippen LogP contribution in [0.2, 0.25) is 0 Å². The monoisotopic (exact) mass is 1350 g/mol. The van der Waals surface area contributed by atoms with Crippen LogP contribution in [0, 0.1) is 50.2 Å². The first-order valence-corrected chi connectivity index (χ1v) is 33.5. The number of aliphatic hydroxyl groups is 16. The molecule has 10 fully saturated rings. The molecule has 0 amide bonds. The maximum atomic E-state index is 13.3. The van der Waals surface area contributed by atoms with Crippen molar-refractivity contribution in [1.29, 1.82) is 0 Å². The predicted octanol–water partition coefficient (Wildman–Crippen LogP) is -3.52. The molecule has 30 heteroatoms. The van der Waals surface area contributed by atoms with E-state index in [0.717, 1.165) is 38.5 Å². The van der Waals surface area contributed by atoms with Gasteiger partial charge in [-0.15, -0.1) is 0 Å². The van der Waals surface area contributed by atoms with Gasteiger partial charge in [-0.1, -0.05) is 53.2 Å². The summed E-state index contributed by atoms with van der Waals surface area (Å²) in [6.07, 6.45) is -39.6. The molecule has 37 atom stereocenters. The van der Waals surface area contributed by atoms with E-state index in [4.69, 9.17) is 56.8 Å². The molecular weight excluding hydrogens is 1250 g/mol. The number of carbonyl (C=O) groups is 1. The van der Waals surface area contributed by atoms with Gasteiger partial charge in [-0.25, -0.2) is 0 Å². The average molecular weight is 1350 g/mol. The second-order valence-corrected chi connectivity index (χ2v) is 30.9. The molecule has 540 valence electrons. The number of carboxylic acid groups (broad SMARTS) is 1. The third-order valence-corrected chi connectivity index (χ3v) is 25.0. The van der Waals surface area contributed by atoms with E-state index in [1.807, 2.05) is 6.92 Å². The van der Waals surface area contributed by atoms with Crippen LogP contribution >= 0.6 is 0 Å². The maximum Gasteiger partial charge on any atom is 0.310 e. The molecule has 11 rings (SSSR count). The first-order valence-electron chi connectivity index (χ1n) is 33.5. The largest absolute Gasteiger partial charge is 0.481 e. The van der Waals surface area contributed by atoms with Gasteiger partial charge in [-0.05, 0) is 117 Å². The van der Waals surface area contributed by atoms with Gasteiger partial charge in [0.2, 0.25) is 0 Å². The molecule has 0 aromatic rings. The standard InChI is InChI=1S/C64H104O30/c1-25-36(68)42(74)46(78)52(86-25)84-22-31-40(72)44(76)51(94-54-47(79)43(75)39(71)30(20-65)88-54)57(89-31)90-32-23-85-53(45(77)41(32)73)92-49-37(69)26(2)87-55(48(49)80)93-50-38(70)29(67)21-83-56(50)91-35-12-13-60(5)33(61(35,6)24-66)11-14-63(8)34(60)10-9-27-28-19-59(3,4)15-17-64(28,58(81)82)18-16-62(27,63)7/h9,25-26,28-57,65-80H,10-24H2,1-8H3,(H,81,82)/t25-,26-,28+,29-,30-,31+,32+,33-,34+,35-,36-,37-,38-,39-,40+,41-,42+,43+,44-,45+,46+,47-,48+,49+,50+,51+,52+,53-,54-,55-,56-,57-,60-,61+,62+,63+,64-/m0/s1. The third kappa shape index (κ3) is 12.5.